The molecule has 2 bridgehead atoms. The Bertz CT molecular complexity index is 607. The van der Waals surface area contributed by atoms with Gasteiger partial charge in [0.25, 0.3) is 12.4 Å². The van der Waals surface area contributed by atoms with Crippen molar-refractivity contribution in [3.05, 3.63) is 29.8 Å². The van der Waals surface area contributed by atoms with E-state index in [1.165, 1.54) is 0 Å². The Labute approximate surface area is 154 Å². The maximum atomic E-state index is 12.9. The van der Waals surface area contributed by atoms with Gasteiger partial charge >= 0.3 is 0 Å². The van der Waals surface area contributed by atoms with Crippen LogP contribution in [-0.2, 0) is 9.53 Å². The molecule has 2 aliphatic rings. The minimum absolute atomic E-state index is 0.0893. The molecule has 7 nitrogen and oxygen atoms in total. The van der Waals surface area contributed by atoms with Gasteiger partial charge in [-0.25, -0.2) is 0 Å². The standard InChI is InChI=1S/C18H26N2O3.CH2O2/c1-13(2)23-17-6-4-5-15(7-17)18(21)20-9-14-8-19(3)16(10-20)12-22-11-14;2-1-3/h4-7,13-14,16H,8-12H2,1-3H3;1H,(H,2,3)/t14-,16+;/m1./s1. The molecule has 1 aromatic carbocycles. The molecule has 1 aromatic rings. The Hall–Kier alpha value is -2.12. The van der Waals surface area contributed by atoms with Gasteiger partial charge in [-0.1, -0.05) is 6.07 Å². The predicted octanol–water partition coefficient (Wildman–Crippen LogP) is 1.58. The number of hydrogen-bond donors (Lipinski definition) is 1. The second-order valence-corrected chi connectivity index (χ2v) is 7.01. The molecule has 0 aliphatic carbocycles. The molecular weight excluding hydrogens is 336 g/mol. The lowest BCUT2D eigenvalue weighted by Gasteiger charge is -2.30. The van der Waals surface area contributed by atoms with E-state index >= 15 is 0 Å². The summed E-state index contributed by atoms with van der Waals surface area (Å²) in [5.74, 6) is 1.22. The van der Waals surface area contributed by atoms with Crippen LogP contribution in [0.3, 0.4) is 0 Å². The lowest BCUT2D eigenvalue weighted by Crippen LogP contribution is -2.44. The van der Waals surface area contributed by atoms with Gasteiger partial charge in [0.15, 0.2) is 0 Å². The molecule has 0 spiro atoms. The highest BCUT2D eigenvalue weighted by molar-refractivity contribution is 5.94. The van der Waals surface area contributed by atoms with Crippen molar-refractivity contribution in [2.24, 2.45) is 5.92 Å². The first-order chi connectivity index (χ1) is 12.4. The summed E-state index contributed by atoms with van der Waals surface area (Å²) in [7, 11) is 2.12. The largest absolute Gasteiger partial charge is 0.491 e. The van der Waals surface area contributed by atoms with Gasteiger partial charge in [0.2, 0.25) is 0 Å². The molecule has 7 heteroatoms. The van der Waals surface area contributed by atoms with Gasteiger partial charge < -0.3 is 19.5 Å². The molecule has 3 rings (SSSR count). The summed E-state index contributed by atoms with van der Waals surface area (Å²) in [6, 6.07) is 7.79. The minimum atomic E-state index is -0.250. The zero-order valence-electron chi connectivity index (χ0n) is 15.6. The zero-order chi connectivity index (χ0) is 19.1. The van der Waals surface area contributed by atoms with Gasteiger partial charge in [-0.2, -0.15) is 0 Å². The van der Waals surface area contributed by atoms with Crippen LogP contribution in [0.2, 0.25) is 0 Å². The first kappa shape index (κ1) is 20.2. The summed E-state index contributed by atoms with van der Waals surface area (Å²) in [6.45, 7) is 7.63. The highest BCUT2D eigenvalue weighted by atomic mass is 16.5. The Morgan fingerprint density at radius 2 is 2.04 bits per heavy atom. The summed E-state index contributed by atoms with van der Waals surface area (Å²) in [6.07, 6.45) is 0.101. The van der Waals surface area contributed by atoms with Crippen LogP contribution in [0.25, 0.3) is 0 Å². The lowest BCUT2D eigenvalue weighted by atomic mass is 10.1. The predicted molar refractivity (Wildman–Crippen MR) is 97.5 cm³/mol. The van der Waals surface area contributed by atoms with Gasteiger partial charge in [0.1, 0.15) is 5.75 Å². The molecule has 0 radical (unpaired) electrons. The van der Waals surface area contributed by atoms with Gasteiger partial charge in [-0.15, -0.1) is 0 Å². The summed E-state index contributed by atoms with van der Waals surface area (Å²) < 4.78 is 11.4. The van der Waals surface area contributed by atoms with Crippen LogP contribution in [0.15, 0.2) is 24.3 Å². The number of carbonyl (C=O) groups is 2. The Morgan fingerprint density at radius 1 is 1.31 bits per heavy atom. The highest BCUT2D eigenvalue weighted by Gasteiger charge is 2.33. The van der Waals surface area contributed by atoms with E-state index in [0.29, 0.717) is 18.1 Å². The molecule has 2 aliphatic heterocycles. The third kappa shape index (κ3) is 5.44. The van der Waals surface area contributed by atoms with Crippen LogP contribution in [-0.4, -0.2) is 79.3 Å². The number of fused-ring (bicyclic) bond motifs is 3. The molecule has 0 aromatic heterocycles. The molecular formula is C19H28N2O5. The number of benzene rings is 1. The van der Waals surface area contributed by atoms with Gasteiger partial charge in [0.05, 0.1) is 25.4 Å². The van der Waals surface area contributed by atoms with Crippen molar-refractivity contribution >= 4 is 12.4 Å². The molecule has 1 amide bonds. The van der Waals surface area contributed by atoms with E-state index < -0.39 is 0 Å². The monoisotopic (exact) mass is 364 g/mol. The lowest BCUT2D eigenvalue weighted by molar-refractivity contribution is -0.122. The molecule has 0 unspecified atom stereocenters. The molecule has 2 saturated heterocycles. The fraction of sp³-hybridized carbons (Fsp3) is 0.579. The fourth-order valence-corrected chi connectivity index (χ4v) is 3.37. The summed E-state index contributed by atoms with van der Waals surface area (Å²) in [5, 5.41) is 6.89. The first-order valence-electron chi connectivity index (χ1n) is 8.86. The van der Waals surface area contributed by atoms with Crippen LogP contribution >= 0.6 is 0 Å². The Morgan fingerprint density at radius 3 is 2.73 bits per heavy atom. The van der Waals surface area contributed by atoms with Crippen molar-refractivity contribution in [1.29, 1.82) is 0 Å². The van der Waals surface area contributed by atoms with Crippen molar-refractivity contribution in [3.8, 4) is 5.75 Å². The molecule has 2 atom stereocenters. The summed E-state index contributed by atoms with van der Waals surface area (Å²) in [5.41, 5.74) is 0.701. The maximum absolute atomic E-state index is 12.9. The van der Waals surface area contributed by atoms with Gasteiger partial charge in [0, 0.05) is 31.1 Å². The topological polar surface area (TPSA) is 79.3 Å². The minimum Gasteiger partial charge on any atom is -0.491 e. The number of carboxylic acid groups (broad SMARTS) is 1. The molecule has 0 saturated carbocycles. The normalized spacial score (nSPS) is 22.8. The maximum Gasteiger partial charge on any atom is 0.290 e. The van der Waals surface area contributed by atoms with E-state index in [2.05, 4.69) is 11.9 Å². The average molecular weight is 364 g/mol. The molecule has 144 valence electrons. The second-order valence-electron chi connectivity index (χ2n) is 7.01. The average Bonchev–Trinajstić information content (AvgIpc) is 2.83. The van der Waals surface area contributed by atoms with Crippen molar-refractivity contribution in [1.82, 2.24) is 9.80 Å². The van der Waals surface area contributed by atoms with E-state index in [-0.39, 0.29) is 24.5 Å². The van der Waals surface area contributed by atoms with Crippen LogP contribution < -0.4 is 4.74 Å². The van der Waals surface area contributed by atoms with E-state index in [1.54, 1.807) is 0 Å². The Kier molecular flexibility index (Phi) is 7.41. The van der Waals surface area contributed by atoms with E-state index in [1.807, 2.05) is 43.0 Å². The third-order valence-corrected chi connectivity index (χ3v) is 4.48. The Balaban J connectivity index is 0.000000758. The van der Waals surface area contributed by atoms with Crippen LogP contribution in [0.4, 0.5) is 0 Å². The van der Waals surface area contributed by atoms with E-state index in [9.17, 15) is 4.79 Å². The number of carbonyl (C=O) groups excluding carboxylic acids is 1. The van der Waals surface area contributed by atoms with Crippen LogP contribution in [0.1, 0.15) is 24.2 Å². The SMILES string of the molecule is CC(C)Oc1cccc(C(=O)N2C[C@@H]3COC[C@H](C2)N(C)C3)c1.O=CO. The van der Waals surface area contributed by atoms with Crippen LogP contribution in [0.5, 0.6) is 5.75 Å². The van der Waals surface area contributed by atoms with E-state index in [4.69, 9.17) is 19.4 Å². The fourth-order valence-electron chi connectivity index (χ4n) is 3.37. The van der Waals surface area contributed by atoms with Crippen molar-refractivity contribution < 1.29 is 24.2 Å². The smallest absolute Gasteiger partial charge is 0.290 e. The number of rotatable bonds is 3. The number of likely N-dealkylation sites (N-methyl/N-ethyl adjacent to an activating group) is 1. The van der Waals surface area contributed by atoms with Gasteiger partial charge in [-0.3, -0.25) is 14.5 Å². The number of ether oxygens (including phenoxy) is 2. The van der Waals surface area contributed by atoms with Crippen molar-refractivity contribution in [3.63, 3.8) is 0 Å². The van der Waals surface area contributed by atoms with E-state index in [0.717, 1.165) is 32.0 Å². The molecule has 2 heterocycles. The quantitative estimate of drug-likeness (QED) is 0.821. The van der Waals surface area contributed by atoms with Crippen LogP contribution in [0, 0.1) is 5.92 Å². The molecule has 2 fully saturated rings. The number of hydrogen-bond acceptors (Lipinski definition) is 5. The summed E-state index contributed by atoms with van der Waals surface area (Å²) in [4.78, 5) is 25.6. The van der Waals surface area contributed by atoms with Gasteiger partial charge in [-0.05, 0) is 39.1 Å². The third-order valence-electron chi connectivity index (χ3n) is 4.48. The molecule has 26 heavy (non-hydrogen) atoms. The second kappa shape index (κ2) is 9.54. The number of amides is 1. The van der Waals surface area contributed by atoms with Crippen molar-refractivity contribution in [2.75, 3.05) is 39.9 Å². The summed E-state index contributed by atoms with van der Waals surface area (Å²) >= 11 is 0. The first-order valence-corrected chi connectivity index (χ1v) is 8.86. The number of nitrogens with zero attached hydrogens (tertiary/aromatic N) is 2. The molecule has 1 N–H and O–H groups in total. The highest BCUT2D eigenvalue weighted by Crippen LogP contribution is 2.22. The zero-order valence-corrected chi connectivity index (χ0v) is 15.6. The van der Waals surface area contributed by atoms with Crippen molar-refractivity contribution in [2.45, 2.75) is 26.0 Å².